The molecule has 0 saturated carbocycles. The van der Waals surface area contributed by atoms with Gasteiger partial charge in [0, 0.05) is 16.7 Å². The number of hydrogen-bond donors (Lipinski definition) is 2. The second kappa shape index (κ2) is 6.91. The van der Waals surface area contributed by atoms with Gasteiger partial charge in [0.25, 0.3) is 0 Å². The molecule has 0 unspecified atom stereocenters. The van der Waals surface area contributed by atoms with Crippen LogP contribution < -0.4 is 4.72 Å². The summed E-state index contributed by atoms with van der Waals surface area (Å²) < 4.78 is 27.6. The van der Waals surface area contributed by atoms with Crippen LogP contribution in [0.4, 0.5) is 0 Å². The molecular formula is C13H15BrClN3O2S. The number of hydrogen-bond acceptors (Lipinski definition) is 3. The number of benzene rings is 1. The fourth-order valence-corrected chi connectivity index (χ4v) is 3.99. The van der Waals surface area contributed by atoms with Gasteiger partial charge in [-0.15, -0.1) is 0 Å². The number of aromatic nitrogens is 2. The second-order valence-corrected chi connectivity index (χ2v) is 7.65. The molecule has 8 heteroatoms. The number of sulfonamides is 1. The molecule has 0 aliphatic carbocycles. The van der Waals surface area contributed by atoms with E-state index in [1.807, 2.05) is 6.92 Å². The van der Waals surface area contributed by atoms with Crippen LogP contribution in [-0.2, 0) is 16.4 Å². The highest BCUT2D eigenvalue weighted by molar-refractivity contribution is 9.10. The lowest BCUT2D eigenvalue weighted by Gasteiger charge is -2.08. The van der Waals surface area contributed by atoms with Crippen LogP contribution in [0.25, 0.3) is 0 Å². The Kier molecular flexibility index (Phi) is 5.43. The summed E-state index contributed by atoms with van der Waals surface area (Å²) >= 11 is 9.21. The molecule has 5 nitrogen and oxygen atoms in total. The van der Waals surface area contributed by atoms with Gasteiger partial charge in [-0.3, -0.25) is 5.10 Å². The van der Waals surface area contributed by atoms with Crippen molar-refractivity contribution in [2.75, 3.05) is 6.54 Å². The number of nitrogens with zero attached hydrogens (tertiary/aromatic N) is 1. The number of nitrogens with one attached hydrogen (secondary N) is 2. The van der Waals surface area contributed by atoms with Crippen LogP contribution in [0.1, 0.15) is 17.7 Å². The molecular weight excluding hydrogens is 378 g/mol. The zero-order chi connectivity index (χ0) is 15.5. The topological polar surface area (TPSA) is 74.8 Å². The lowest BCUT2D eigenvalue weighted by atomic mass is 10.1. The van der Waals surface area contributed by atoms with E-state index in [4.69, 9.17) is 11.6 Å². The van der Waals surface area contributed by atoms with Crippen molar-refractivity contribution in [3.8, 4) is 0 Å². The molecule has 2 aromatic rings. The molecule has 0 aliphatic heterocycles. The molecule has 0 bridgehead atoms. The Labute approximate surface area is 137 Å². The van der Waals surface area contributed by atoms with Gasteiger partial charge in [0.15, 0.2) is 0 Å². The molecule has 21 heavy (non-hydrogen) atoms. The SMILES string of the molecule is Cc1[nH]ncc1CCCNS(=O)(=O)c1ccc(Br)cc1Cl. The monoisotopic (exact) mass is 391 g/mol. The van der Waals surface area contributed by atoms with Crippen LogP contribution in [0, 0.1) is 6.92 Å². The van der Waals surface area contributed by atoms with Crippen molar-refractivity contribution < 1.29 is 8.42 Å². The third-order valence-corrected chi connectivity index (χ3v) is 5.47. The Bertz CT molecular complexity index is 731. The predicted octanol–water partition coefficient (Wildman–Crippen LogP) is 3.05. The molecule has 0 amide bonds. The van der Waals surface area contributed by atoms with Gasteiger partial charge in [0.1, 0.15) is 4.90 Å². The molecule has 0 aliphatic rings. The number of aromatic amines is 1. The van der Waals surface area contributed by atoms with Crippen molar-refractivity contribution in [3.63, 3.8) is 0 Å². The molecule has 1 heterocycles. The Morgan fingerprint density at radius 2 is 2.19 bits per heavy atom. The summed E-state index contributed by atoms with van der Waals surface area (Å²) in [6, 6.07) is 4.69. The summed E-state index contributed by atoms with van der Waals surface area (Å²) in [6.07, 6.45) is 3.21. The highest BCUT2D eigenvalue weighted by atomic mass is 79.9. The molecule has 0 spiro atoms. The van der Waals surface area contributed by atoms with E-state index >= 15 is 0 Å². The third kappa shape index (κ3) is 4.29. The molecule has 0 saturated heterocycles. The summed E-state index contributed by atoms with van der Waals surface area (Å²) in [5.74, 6) is 0. The maximum Gasteiger partial charge on any atom is 0.242 e. The average Bonchev–Trinajstić information content (AvgIpc) is 2.80. The van der Waals surface area contributed by atoms with Gasteiger partial charge < -0.3 is 0 Å². The van der Waals surface area contributed by atoms with Crippen LogP contribution >= 0.6 is 27.5 Å². The molecule has 0 atom stereocenters. The lowest BCUT2D eigenvalue weighted by molar-refractivity contribution is 0.579. The Morgan fingerprint density at radius 1 is 1.43 bits per heavy atom. The van der Waals surface area contributed by atoms with E-state index in [1.165, 1.54) is 6.07 Å². The predicted molar refractivity (Wildman–Crippen MR) is 86.0 cm³/mol. The maximum absolute atomic E-state index is 12.2. The van der Waals surface area contributed by atoms with E-state index in [2.05, 4.69) is 30.8 Å². The fourth-order valence-electron chi connectivity index (χ4n) is 1.88. The van der Waals surface area contributed by atoms with Crippen LogP contribution in [0.2, 0.25) is 5.02 Å². The summed E-state index contributed by atoms with van der Waals surface area (Å²) in [5, 5.41) is 6.98. The van der Waals surface area contributed by atoms with Crippen molar-refractivity contribution in [1.29, 1.82) is 0 Å². The number of aryl methyl sites for hydroxylation is 2. The first-order chi connectivity index (χ1) is 9.90. The zero-order valence-corrected chi connectivity index (χ0v) is 14.5. The van der Waals surface area contributed by atoms with E-state index in [1.54, 1.807) is 18.3 Å². The first kappa shape index (κ1) is 16.5. The van der Waals surface area contributed by atoms with Gasteiger partial charge in [-0.25, -0.2) is 13.1 Å². The van der Waals surface area contributed by atoms with E-state index < -0.39 is 10.0 Å². The Hall–Kier alpha value is -0.890. The first-order valence-electron chi connectivity index (χ1n) is 6.34. The van der Waals surface area contributed by atoms with E-state index in [0.717, 1.165) is 22.2 Å². The lowest BCUT2D eigenvalue weighted by Crippen LogP contribution is -2.25. The molecule has 2 N–H and O–H groups in total. The molecule has 1 aromatic heterocycles. The van der Waals surface area contributed by atoms with Crippen molar-refractivity contribution in [1.82, 2.24) is 14.9 Å². The van der Waals surface area contributed by atoms with Crippen molar-refractivity contribution in [2.45, 2.75) is 24.7 Å². The van der Waals surface area contributed by atoms with Gasteiger partial charge in [-0.05, 0) is 43.5 Å². The van der Waals surface area contributed by atoms with Gasteiger partial charge in [-0.1, -0.05) is 27.5 Å². The summed E-state index contributed by atoms with van der Waals surface area (Å²) in [5.41, 5.74) is 2.10. The molecule has 2 rings (SSSR count). The molecule has 0 fully saturated rings. The third-order valence-electron chi connectivity index (χ3n) is 3.03. The normalized spacial score (nSPS) is 11.8. The Balaban J connectivity index is 1.94. The minimum atomic E-state index is -3.59. The minimum Gasteiger partial charge on any atom is -0.283 e. The standard InChI is InChI=1S/C13H15BrClN3O2S/c1-9-10(8-16-18-9)3-2-6-17-21(19,20)13-5-4-11(14)7-12(13)15/h4-5,7-8,17H,2-3,6H2,1H3,(H,16,18). The minimum absolute atomic E-state index is 0.0897. The summed E-state index contributed by atoms with van der Waals surface area (Å²) in [7, 11) is -3.59. The van der Waals surface area contributed by atoms with Crippen LogP contribution in [0.3, 0.4) is 0 Å². The van der Waals surface area contributed by atoms with Gasteiger partial charge in [0.2, 0.25) is 10.0 Å². The van der Waals surface area contributed by atoms with E-state index in [-0.39, 0.29) is 9.92 Å². The molecule has 0 radical (unpaired) electrons. The largest absolute Gasteiger partial charge is 0.283 e. The zero-order valence-electron chi connectivity index (χ0n) is 11.4. The average molecular weight is 393 g/mol. The van der Waals surface area contributed by atoms with Crippen molar-refractivity contribution in [2.24, 2.45) is 0 Å². The van der Waals surface area contributed by atoms with Crippen molar-refractivity contribution in [3.05, 3.63) is 45.1 Å². The van der Waals surface area contributed by atoms with Crippen LogP contribution in [0.15, 0.2) is 33.8 Å². The summed E-state index contributed by atoms with van der Waals surface area (Å²) in [4.78, 5) is 0.0897. The highest BCUT2D eigenvalue weighted by Gasteiger charge is 2.17. The van der Waals surface area contributed by atoms with E-state index in [9.17, 15) is 8.42 Å². The fraction of sp³-hybridized carbons (Fsp3) is 0.308. The van der Waals surface area contributed by atoms with Crippen LogP contribution in [-0.4, -0.2) is 25.2 Å². The first-order valence-corrected chi connectivity index (χ1v) is 8.99. The van der Waals surface area contributed by atoms with Gasteiger partial charge >= 0.3 is 0 Å². The molecule has 114 valence electrons. The summed E-state index contributed by atoms with van der Waals surface area (Å²) in [6.45, 7) is 2.29. The second-order valence-electron chi connectivity index (χ2n) is 4.60. The number of H-pyrrole nitrogens is 1. The van der Waals surface area contributed by atoms with Crippen LogP contribution in [0.5, 0.6) is 0 Å². The highest BCUT2D eigenvalue weighted by Crippen LogP contribution is 2.25. The smallest absolute Gasteiger partial charge is 0.242 e. The van der Waals surface area contributed by atoms with E-state index in [0.29, 0.717) is 13.0 Å². The quantitative estimate of drug-likeness (QED) is 0.742. The maximum atomic E-state index is 12.2. The van der Waals surface area contributed by atoms with Crippen molar-refractivity contribution >= 4 is 37.6 Å². The van der Waals surface area contributed by atoms with Gasteiger partial charge in [0.05, 0.1) is 11.2 Å². The Morgan fingerprint density at radius 3 is 2.81 bits per heavy atom. The van der Waals surface area contributed by atoms with Gasteiger partial charge in [-0.2, -0.15) is 5.10 Å². The molecule has 1 aromatic carbocycles. The number of halogens is 2. The number of rotatable bonds is 6.